The van der Waals surface area contributed by atoms with Crippen LogP contribution in [0.2, 0.25) is 0 Å². The van der Waals surface area contributed by atoms with E-state index >= 15 is 0 Å². The lowest BCUT2D eigenvalue weighted by Crippen LogP contribution is -2.18. The maximum atomic E-state index is 11.7. The first-order valence-corrected chi connectivity index (χ1v) is 3.67. The summed E-state index contributed by atoms with van der Waals surface area (Å²) in [5, 5.41) is 9.01. The lowest BCUT2D eigenvalue weighted by atomic mass is 10.2. The SMILES string of the molecule is Nc1ccccc1C(O)OC(F)(F)F. The zero-order chi connectivity index (χ0) is 10.8. The molecule has 0 aromatic heterocycles. The molecule has 1 atom stereocenters. The molecule has 0 aliphatic carbocycles. The molecule has 1 aromatic carbocycles. The summed E-state index contributed by atoms with van der Waals surface area (Å²) in [6, 6.07) is 5.62. The minimum atomic E-state index is -4.89. The highest BCUT2D eigenvalue weighted by Crippen LogP contribution is 2.28. The van der Waals surface area contributed by atoms with E-state index in [4.69, 9.17) is 10.8 Å². The Balaban J connectivity index is 2.80. The number of hydrogen-bond donors (Lipinski definition) is 2. The van der Waals surface area contributed by atoms with E-state index in [2.05, 4.69) is 4.74 Å². The predicted octanol–water partition coefficient (Wildman–Crippen LogP) is 1.80. The number of anilines is 1. The first kappa shape index (κ1) is 10.8. The first-order valence-electron chi connectivity index (χ1n) is 3.67. The molecular formula is C8H8F3NO2. The lowest BCUT2D eigenvalue weighted by Gasteiger charge is -2.15. The van der Waals surface area contributed by atoms with Gasteiger partial charge in [-0.15, -0.1) is 13.2 Å². The van der Waals surface area contributed by atoms with Gasteiger partial charge in [-0.05, 0) is 6.07 Å². The van der Waals surface area contributed by atoms with Crippen LogP contribution in [0.5, 0.6) is 0 Å². The number of aliphatic hydroxyl groups excluding tert-OH is 1. The van der Waals surface area contributed by atoms with Crippen molar-refractivity contribution in [3.05, 3.63) is 29.8 Å². The molecular weight excluding hydrogens is 199 g/mol. The smallest absolute Gasteiger partial charge is 0.398 e. The van der Waals surface area contributed by atoms with E-state index in [9.17, 15) is 13.2 Å². The highest BCUT2D eigenvalue weighted by atomic mass is 19.4. The highest BCUT2D eigenvalue weighted by molar-refractivity contribution is 5.46. The Morgan fingerprint density at radius 1 is 1.29 bits per heavy atom. The standard InChI is InChI=1S/C8H8F3NO2/c9-8(10,11)14-7(13)5-3-1-2-4-6(5)12/h1-4,7,13H,12H2. The van der Waals surface area contributed by atoms with Gasteiger partial charge < -0.3 is 10.8 Å². The third-order valence-corrected chi connectivity index (χ3v) is 1.51. The molecule has 6 heteroatoms. The van der Waals surface area contributed by atoms with E-state index in [1.165, 1.54) is 18.2 Å². The average molecular weight is 207 g/mol. The van der Waals surface area contributed by atoms with Crippen molar-refractivity contribution in [2.45, 2.75) is 12.7 Å². The Kier molecular flexibility index (Phi) is 2.97. The number of aliphatic hydroxyl groups is 1. The minimum Gasteiger partial charge on any atom is -0.398 e. The molecule has 0 heterocycles. The molecule has 0 fully saturated rings. The number of nitrogen functional groups attached to an aromatic ring is 1. The number of benzene rings is 1. The molecule has 0 saturated heterocycles. The fraction of sp³-hybridized carbons (Fsp3) is 0.250. The summed E-state index contributed by atoms with van der Waals surface area (Å²) >= 11 is 0. The van der Waals surface area contributed by atoms with Crippen LogP contribution >= 0.6 is 0 Å². The van der Waals surface area contributed by atoms with Crippen molar-refractivity contribution in [1.82, 2.24) is 0 Å². The Labute approximate surface area is 77.9 Å². The van der Waals surface area contributed by atoms with E-state index in [1.807, 2.05) is 0 Å². The number of halogens is 3. The number of hydrogen-bond acceptors (Lipinski definition) is 3. The normalized spacial score (nSPS) is 14.0. The van der Waals surface area contributed by atoms with Crippen LogP contribution in [0, 0.1) is 0 Å². The number of nitrogens with two attached hydrogens (primary N) is 1. The fourth-order valence-corrected chi connectivity index (χ4v) is 0.926. The summed E-state index contributed by atoms with van der Waals surface area (Å²) < 4.78 is 38.5. The Morgan fingerprint density at radius 2 is 1.86 bits per heavy atom. The van der Waals surface area contributed by atoms with Gasteiger partial charge in [-0.1, -0.05) is 18.2 Å². The molecule has 0 radical (unpaired) electrons. The first-order chi connectivity index (χ1) is 6.40. The summed E-state index contributed by atoms with van der Waals surface area (Å²) in [4.78, 5) is 0. The molecule has 3 nitrogen and oxygen atoms in total. The molecule has 0 bridgehead atoms. The molecule has 1 rings (SSSR count). The van der Waals surface area contributed by atoms with Crippen LogP contribution < -0.4 is 5.73 Å². The second-order valence-corrected chi connectivity index (χ2v) is 2.54. The second-order valence-electron chi connectivity index (χ2n) is 2.54. The largest absolute Gasteiger partial charge is 0.525 e. The second kappa shape index (κ2) is 3.85. The Morgan fingerprint density at radius 3 is 2.36 bits per heavy atom. The molecule has 1 aromatic rings. The van der Waals surface area contributed by atoms with Crippen molar-refractivity contribution in [3.8, 4) is 0 Å². The van der Waals surface area contributed by atoms with Gasteiger partial charge in [-0.25, -0.2) is 0 Å². The van der Waals surface area contributed by atoms with Crippen molar-refractivity contribution in [2.24, 2.45) is 0 Å². The zero-order valence-electron chi connectivity index (χ0n) is 6.95. The third kappa shape index (κ3) is 2.90. The quantitative estimate of drug-likeness (QED) is 0.574. The van der Waals surface area contributed by atoms with Crippen molar-refractivity contribution in [2.75, 3.05) is 5.73 Å². The van der Waals surface area contributed by atoms with E-state index < -0.39 is 12.7 Å². The van der Waals surface area contributed by atoms with Crippen LogP contribution in [0.4, 0.5) is 18.9 Å². The van der Waals surface area contributed by atoms with Gasteiger partial charge in [0.05, 0.1) is 0 Å². The number of rotatable bonds is 2. The van der Waals surface area contributed by atoms with Crippen LogP contribution in [0.1, 0.15) is 11.9 Å². The molecule has 0 amide bonds. The predicted molar refractivity (Wildman–Crippen MR) is 43.0 cm³/mol. The molecule has 0 aliphatic rings. The molecule has 0 saturated carbocycles. The summed E-state index contributed by atoms with van der Waals surface area (Å²) in [5.74, 6) is 0. The van der Waals surface area contributed by atoms with E-state index in [0.29, 0.717) is 0 Å². The van der Waals surface area contributed by atoms with Gasteiger partial charge in [0, 0.05) is 11.3 Å². The highest BCUT2D eigenvalue weighted by Gasteiger charge is 2.33. The van der Waals surface area contributed by atoms with Crippen molar-refractivity contribution in [1.29, 1.82) is 0 Å². The summed E-state index contributed by atoms with van der Waals surface area (Å²) in [6.45, 7) is 0. The molecule has 0 aliphatic heterocycles. The number of ether oxygens (including phenoxy) is 1. The van der Waals surface area contributed by atoms with Gasteiger partial charge in [0.2, 0.25) is 0 Å². The topological polar surface area (TPSA) is 55.5 Å². The van der Waals surface area contributed by atoms with Crippen molar-refractivity contribution in [3.63, 3.8) is 0 Å². The fourth-order valence-electron chi connectivity index (χ4n) is 0.926. The van der Waals surface area contributed by atoms with E-state index in [-0.39, 0.29) is 11.3 Å². The number of para-hydroxylation sites is 1. The lowest BCUT2D eigenvalue weighted by molar-refractivity contribution is -0.375. The molecule has 3 N–H and O–H groups in total. The van der Waals surface area contributed by atoms with Crippen molar-refractivity contribution < 1.29 is 23.0 Å². The average Bonchev–Trinajstić information content (AvgIpc) is 2.01. The van der Waals surface area contributed by atoms with Gasteiger partial charge >= 0.3 is 6.36 Å². The monoisotopic (exact) mass is 207 g/mol. The molecule has 14 heavy (non-hydrogen) atoms. The molecule has 0 spiro atoms. The Hall–Kier alpha value is -1.27. The van der Waals surface area contributed by atoms with Gasteiger partial charge in [0.1, 0.15) is 0 Å². The zero-order valence-corrected chi connectivity index (χ0v) is 6.95. The minimum absolute atomic E-state index is 0.0456. The molecule has 78 valence electrons. The van der Waals surface area contributed by atoms with Crippen LogP contribution in [-0.2, 0) is 4.74 Å². The van der Waals surface area contributed by atoms with Crippen LogP contribution in [0.15, 0.2) is 24.3 Å². The maximum Gasteiger partial charge on any atom is 0.525 e. The molecule has 1 unspecified atom stereocenters. The van der Waals surface area contributed by atoms with Gasteiger partial charge in [0.15, 0.2) is 6.29 Å². The van der Waals surface area contributed by atoms with E-state index in [1.54, 1.807) is 6.07 Å². The summed E-state index contributed by atoms with van der Waals surface area (Å²) in [7, 11) is 0. The van der Waals surface area contributed by atoms with Gasteiger partial charge in [-0.2, -0.15) is 0 Å². The maximum absolute atomic E-state index is 11.7. The van der Waals surface area contributed by atoms with Crippen LogP contribution in [0.3, 0.4) is 0 Å². The van der Waals surface area contributed by atoms with Gasteiger partial charge in [0.25, 0.3) is 0 Å². The van der Waals surface area contributed by atoms with Crippen LogP contribution in [0.25, 0.3) is 0 Å². The number of alkyl halides is 3. The van der Waals surface area contributed by atoms with Crippen molar-refractivity contribution >= 4 is 5.69 Å². The third-order valence-electron chi connectivity index (χ3n) is 1.51. The Bertz CT molecular complexity index is 314. The van der Waals surface area contributed by atoms with E-state index in [0.717, 1.165) is 0 Å². The summed E-state index contributed by atoms with van der Waals surface area (Å²) in [5.41, 5.74) is 5.27. The van der Waals surface area contributed by atoms with Crippen LogP contribution in [-0.4, -0.2) is 11.5 Å². The van der Waals surface area contributed by atoms with Gasteiger partial charge in [-0.3, -0.25) is 4.74 Å². The summed E-state index contributed by atoms with van der Waals surface area (Å²) in [6.07, 6.45) is -6.97.